The molecule has 0 aromatic heterocycles. The first-order valence-corrected chi connectivity index (χ1v) is 8.80. The standard InChI is InChI=1S/C17H24N2O2S/c1-13-6-8-15(9-7-13)22-12-16(18-14(2)20)17(21)19-10-4-3-5-11-19/h6-9,16H,3-5,10-12H2,1-2H3,(H,18,20). The van der Waals surface area contributed by atoms with Crippen molar-refractivity contribution in [1.29, 1.82) is 0 Å². The van der Waals surface area contributed by atoms with Crippen LogP contribution in [0.2, 0.25) is 0 Å². The Labute approximate surface area is 136 Å². The van der Waals surface area contributed by atoms with Crippen LogP contribution in [0.5, 0.6) is 0 Å². The Balaban J connectivity index is 1.97. The number of hydrogen-bond acceptors (Lipinski definition) is 3. The number of carbonyl (C=O) groups is 2. The van der Waals surface area contributed by atoms with Crippen LogP contribution < -0.4 is 5.32 Å². The summed E-state index contributed by atoms with van der Waals surface area (Å²) in [7, 11) is 0. The second-order valence-electron chi connectivity index (χ2n) is 5.76. The van der Waals surface area contributed by atoms with Crippen molar-refractivity contribution < 1.29 is 9.59 Å². The second kappa shape index (κ2) is 8.22. The van der Waals surface area contributed by atoms with Crippen molar-refractivity contribution in [2.45, 2.75) is 44.0 Å². The van der Waals surface area contributed by atoms with Crippen LogP contribution in [0.15, 0.2) is 29.2 Å². The summed E-state index contributed by atoms with van der Waals surface area (Å²) in [6.45, 7) is 5.13. The normalized spacial score (nSPS) is 16.2. The number of thioether (sulfide) groups is 1. The van der Waals surface area contributed by atoms with Gasteiger partial charge in [-0.15, -0.1) is 11.8 Å². The van der Waals surface area contributed by atoms with E-state index >= 15 is 0 Å². The molecule has 22 heavy (non-hydrogen) atoms. The van der Waals surface area contributed by atoms with E-state index in [0.29, 0.717) is 5.75 Å². The number of nitrogens with zero attached hydrogens (tertiary/aromatic N) is 1. The Morgan fingerprint density at radius 2 is 1.82 bits per heavy atom. The zero-order chi connectivity index (χ0) is 15.9. The van der Waals surface area contributed by atoms with E-state index in [1.165, 1.54) is 18.9 Å². The average molecular weight is 320 g/mol. The zero-order valence-electron chi connectivity index (χ0n) is 13.3. The molecule has 2 rings (SSSR count). The predicted octanol–water partition coefficient (Wildman–Crippen LogP) is 2.60. The lowest BCUT2D eigenvalue weighted by molar-refractivity contribution is -0.136. The number of piperidine rings is 1. The minimum Gasteiger partial charge on any atom is -0.344 e. The fourth-order valence-corrected chi connectivity index (χ4v) is 3.48. The Hall–Kier alpha value is -1.49. The Bertz CT molecular complexity index is 510. The van der Waals surface area contributed by atoms with Gasteiger partial charge >= 0.3 is 0 Å². The maximum atomic E-state index is 12.6. The number of hydrogen-bond donors (Lipinski definition) is 1. The van der Waals surface area contributed by atoms with Crippen molar-refractivity contribution in [3.8, 4) is 0 Å². The van der Waals surface area contributed by atoms with E-state index in [0.717, 1.165) is 30.8 Å². The summed E-state index contributed by atoms with van der Waals surface area (Å²) in [4.78, 5) is 27.0. The van der Waals surface area contributed by atoms with Crippen molar-refractivity contribution in [2.75, 3.05) is 18.8 Å². The monoisotopic (exact) mass is 320 g/mol. The molecule has 1 atom stereocenters. The van der Waals surface area contributed by atoms with Crippen LogP contribution in [0.3, 0.4) is 0 Å². The molecule has 0 radical (unpaired) electrons. The van der Waals surface area contributed by atoms with Gasteiger partial charge in [-0.3, -0.25) is 9.59 Å². The summed E-state index contributed by atoms with van der Waals surface area (Å²) in [5.41, 5.74) is 1.21. The fraction of sp³-hybridized carbons (Fsp3) is 0.529. The third kappa shape index (κ3) is 5.05. The molecule has 1 saturated heterocycles. The molecule has 4 nitrogen and oxygen atoms in total. The average Bonchev–Trinajstić information content (AvgIpc) is 2.53. The van der Waals surface area contributed by atoms with Crippen LogP contribution in [-0.2, 0) is 9.59 Å². The van der Waals surface area contributed by atoms with Gasteiger partial charge in [0.25, 0.3) is 0 Å². The first-order valence-electron chi connectivity index (χ1n) is 7.81. The van der Waals surface area contributed by atoms with Crippen LogP contribution in [-0.4, -0.2) is 41.6 Å². The molecule has 1 aliphatic heterocycles. The van der Waals surface area contributed by atoms with Gasteiger partial charge in [-0.1, -0.05) is 17.7 Å². The molecule has 120 valence electrons. The second-order valence-corrected chi connectivity index (χ2v) is 6.86. The molecule has 1 aliphatic rings. The van der Waals surface area contributed by atoms with Gasteiger partial charge < -0.3 is 10.2 Å². The molecule has 1 heterocycles. The fourth-order valence-electron chi connectivity index (χ4n) is 2.57. The number of likely N-dealkylation sites (tertiary alicyclic amines) is 1. The minimum atomic E-state index is -0.443. The zero-order valence-corrected chi connectivity index (χ0v) is 14.1. The van der Waals surface area contributed by atoms with Crippen LogP contribution in [0.25, 0.3) is 0 Å². The van der Waals surface area contributed by atoms with Crippen molar-refractivity contribution in [3.05, 3.63) is 29.8 Å². The Morgan fingerprint density at radius 1 is 1.18 bits per heavy atom. The highest BCUT2D eigenvalue weighted by Crippen LogP contribution is 2.20. The van der Waals surface area contributed by atoms with Gasteiger partial charge in [-0.05, 0) is 38.3 Å². The largest absolute Gasteiger partial charge is 0.344 e. The molecular weight excluding hydrogens is 296 g/mol. The van der Waals surface area contributed by atoms with Crippen molar-refractivity contribution in [1.82, 2.24) is 10.2 Å². The van der Waals surface area contributed by atoms with Gasteiger partial charge in [0.15, 0.2) is 0 Å². The van der Waals surface area contributed by atoms with Crippen molar-refractivity contribution in [3.63, 3.8) is 0 Å². The summed E-state index contributed by atoms with van der Waals surface area (Å²) in [5, 5.41) is 2.81. The number of nitrogens with one attached hydrogen (secondary N) is 1. The summed E-state index contributed by atoms with van der Waals surface area (Å²) in [6, 6.07) is 7.78. The molecule has 2 amide bonds. The number of rotatable bonds is 5. The number of benzene rings is 1. The highest BCUT2D eigenvalue weighted by molar-refractivity contribution is 7.99. The Morgan fingerprint density at radius 3 is 2.41 bits per heavy atom. The number of carbonyl (C=O) groups excluding carboxylic acids is 2. The molecule has 1 unspecified atom stereocenters. The Kier molecular flexibility index (Phi) is 6.31. The third-order valence-corrected chi connectivity index (χ3v) is 4.89. The van der Waals surface area contributed by atoms with Gasteiger partial charge in [0.1, 0.15) is 6.04 Å². The van der Waals surface area contributed by atoms with E-state index in [-0.39, 0.29) is 11.8 Å². The molecule has 0 saturated carbocycles. The number of aryl methyl sites for hydroxylation is 1. The lowest BCUT2D eigenvalue weighted by atomic mass is 10.1. The van der Waals surface area contributed by atoms with E-state index in [1.807, 2.05) is 4.90 Å². The highest BCUT2D eigenvalue weighted by Gasteiger charge is 2.26. The molecule has 0 spiro atoms. The summed E-state index contributed by atoms with van der Waals surface area (Å²) < 4.78 is 0. The first-order chi connectivity index (χ1) is 10.6. The van der Waals surface area contributed by atoms with E-state index in [9.17, 15) is 9.59 Å². The van der Waals surface area contributed by atoms with Crippen molar-refractivity contribution in [2.24, 2.45) is 0 Å². The summed E-state index contributed by atoms with van der Waals surface area (Å²) >= 11 is 1.61. The molecule has 5 heteroatoms. The van der Waals surface area contributed by atoms with Crippen LogP contribution in [0.1, 0.15) is 31.7 Å². The van der Waals surface area contributed by atoms with Gasteiger partial charge in [0.2, 0.25) is 11.8 Å². The van der Waals surface area contributed by atoms with Gasteiger partial charge in [-0.25, -0.2) is 0 Å². The third-order valence-electron chi connectivity index (χ3n) is 3.78. The lowest BCUT2D eigenvalue weighted by Gasteiger charge is -2.30. The molecule has 1 N–H and O–H groups in total. The topological polar surface area (TPSA) is 49.4 Å². The predicted molar refractivity (Wildman–Crippen MR) is 89.9 cm³/mol. The van der Waals surface area contributed by atoms with E-state index in [4.69, 9.17) is 0 Å². The van der Waals surface area contributed by atoms with Crippen LogP contribution in [0, 0.1) is 6.92 Å². The molecule has 1 aromatic rings. The first kappa shape index (κ1) is 16.9. The van der Waals surface area contributed by atoms with E-state index < -0.39 is 6.04 Å². The molecule has 0 bridgehead atoms. The quantitative estimate of drug-likeness (QED) is 0.849. The molecule has 0 aliphatic carbocycles. The van der Waals surface area contributed by atoms with Gasteiger partial charge in [-0.2, -0.15) is 0 Å². The van der Waals surface area contributed by atoms with E-state index in [2.05, 4.69) is 36.5 Å². The molecule has 1 aromatic carbocycles. The van der Waals surface area contributed by atoms with E-state index in [1.54, 1.807) is 11.8 Å². The van der Waals surface area contributed by atoms with Gasteiger partial charge in [0, 0.05) is 30.7 Å². The summed E-state index contributed by atoms with van der Waals surface area (Å²) in [6.07, 6.45) is 3.31. The molecular formula is C17H24N2O2S. The smallest absolute Gasteiger partial charge is 0.246 e. The lowest BCUT2D eigenvalue weighted by Crippen LogP contribution is -2.50. The molecule has 1 fully saturated rings. The van der Waals surface area contributed by atoms with Crippen molar-refractivity contribution >= 4 is 23.6 Å². The van der Waals surface area contributed by atoms with Crippen LogP contribution in [0.4, 0.5) is 0 Å². The SMILES string of the molecule is CC(=O)NC(CSc1ccc(C)cc1)C(=O)N1CCCCC1. The van der Waals surface area contributed by atoms with Crippen LogP contribution >= 0.6 is 11.8 Å². The summed E-state index contributed by atoms with van der Waals surface area (Å²) in [5.74, 6) is 0.465. The maximum Gasteiger partial charge on any atom is 0.246 e. The van der Waals surface area contributed by atoms with Gasteiger partial charge in [0.05, 0.1) is 0 Å². The minimum absolute atomic E-state index is 0.0505. The number of amides is 2. The highest BCUT2D eigenvalue weighted by atomic mass is 32.2. The maximum absolute atomic E-state index is 12.6.